The standard InChI is InChI=1S/C26H35BN2O6/c1-25(2)26(3,4)35-27(34-25)21-12-11-20(18-19(21)10-15-24(32)33-5)28-16-8-6-7-9-17-29-22(30)13-14-23(29)31/h10-15,18,28H,6-9,16-17H2,1-5H3/b15-10+. The molecule has 2 heterocycles. The molecule has 0 aliphatic carbocycles. The molecule has 0 bridgehead atoms. The number of nitrogens with zero attached hydrogens (tertiary/aromatic N) is 1. The Bertz CT molecular complexity index is 983. The Morgan fingerprint density at radius 3 is 2.29 bits per heavy atom. The summed E-state index contributed by atoms with van der Waals surface area (Å²) in [5.41, 5.74) is 1.64. The average molecular weight is 482 g/mol. The first-order chi connectivity index (χ1) is 16.5. The van der Waals surface area contributed by atoms with Gasteiger partial charge in [0.15, 0.2) is 0 Å². The van der Waals surface area contributed by atoms with Gasteiger partial charge in [-0.1, -0.05) is 18.9 Å². The van der Waals surface area contributed by atoms with E-state index < -0.39 is 24.3 Å². The lowest BCUT2D eigenvalue weighted by Gasteiger charge is -2.32. The molecule has 2 aliphatic heterocycles. The molecule has 8 nitrogen and oxygen atoms in total. The number of imide groups is 1. The smallest absolute Gasteiger partial charge is 0.466 e. The quantitative estimate of drug-likeness (QED) is 0.170. The van der Waals surface area contributed by atoms with Crippen molar-refractivity contribution in [1.82, 2.24) is 4.90 Å². The molecule has 1 saturated heterocycles. The first kappa shape index (κ1) is 26.7. The molecule has 2 amide bonds. The van der Waals surface area contributed by atoms with Crippen molar-refractivity contribution in [3.8, 4) is 0 Å². The van der Waals surface area contributed by atoms with Crippen molar-refractivity contribution in [2.75, 3.05) is 25.5 Å². The molecule has 0 unspecified atom stereocenters. The van der Waals surface area contributed by atoms with Gasteiger partial charge in [-0.3, -0.25) is 14.5 Å². The van der Waals surface area contributed by atoms with E-state index in [1.807, 2.05) is 45.9 Å². The van der Waals surface area contributed by atoms with Crippen molar-refractivity contribution >= 4 is 42.1 Å². The molecule has 1 fully saturated rings. The van der Waals surface area contributed by atoms with Gasteiger partial charge in [0, 0.05) is 37.0 Å². The Morgan fingerprint density at radius 2 is 1.66 bits per heavy atom. The highest BCUT2D eigenvalue weighted by molar-refractivity contribution is 6.63. The van der Waals surface area contributed by atoms with Crippen molar-refractivity contribution in [3.05, 3.63) is 42.0 Å². The SMILES string of the molecule is COC(=O)/C=C/c1cc(NCCCCCCN2C(=O)C=CC2=O)ccc1B1OC(C)(C)C(C)(C)O1. The second kappa shape index (κ2) is 11.2. The fraction of sp³-hybridized carbons (Fsp3) is 0.500. The van der Waals surface area contributed by atoms with Crippen LogP contribution in [-0.4, -0.2) is 61.2 Å². The zero-order chi connectivity index (χ0) is 25.6. The Balaban J connectivity index is 1.55. The van der Waals surface area contributed by atoms with E-state index in [2.05, 4.69) is 5.32 Å². The van der Waals surface area contributed by atoms with Gasteiger partial charge in [0.1, 0.15) is 0 Å². The predicted octanol–water partition coefficient (Wildman–Crippen LogP) is 3.07. The van der Waals surface area contributed by atoms with Gasteiger partial charge in [-0.05, 0) is 69.8 Å². The van der Waals surface area contributed by atoms with Gasteiger partial charge in [0.05, 0.1) is 18.3 Å². The number of esters is 1. The highest BCUT2D eigenvalue weighted by atomic mass is 16.7. The van der Waals surface area contributed by atoms with Crippen LogP contribution >= 0.6 is 0 Å². The number of amides is 2. The van der Waals surface area contributed by atoms with Crippen LogP contribution < -0.4 is 10.8 Å². The summed E-state index contributed by atoms with van der Waals surface area (Å²) in [5, 5.41) is 3.42. The fourth-order valence-electron chi connectivity index (χ4n) is 3.87. The summed E-state index contributed by atoms with van der Waals surface area (Å²) in [6.45, 7) is 9.26. The number of rotatable bonds is 11. The second-order valence-corrected chi connectivity index (χ2v) is 9.79. The molecule has 0 atom stereocenters. The summed E-state index contributed by atoms with van der Waals surface area (Å²) in [6.07, 6.45) is 9.41. The topological polar surface area (TPSA) is 94.2 Å². The zero-order valence-corrected chi connectivity index (χ0v) is 21.3. The molecule has 0 saturated carbocycles. The number of ether oxygens (including phenoxy) is 1. The number of hydrogen-bond acceptors (Lipinski definition) is 7. The number of nitrogens with one attached hydrogen (secondary N) is 1. The van der Waals surface area contributed by atoms with E-state index in [0.717, 1.165) is 48.9 Å². The molecule has 1 N–H and O–H groups in total. The van der Waals surface area contributed by atoms with Crippen LogP contribution in [0.1, 0.15) is 58.9 Å². The highest BCUT2D eigenvalue weighted by Crippen LogP contribution is 2.37. The summed E-state index contributed by atoms with van der Waals surface area (Å²) in [7, 11) is 0.799. The van der Waals surface area contributed by atoms with Gasteiger partial charge >= 0.3 is 13.1 Å². The van der Waals surface area contributed by atoms with E-state index in [1.54, 1.807) is 6.08 Å². The molecule has 9 heteroatoms. The van der Waals surface area contributed by atoms with E-state index in [1.165, 1.54) is 30.2 Å². The lowest BCUT2D eigenvalue weighted by Crippen LogP contribution is -2.41. The van der Waals surface area contributed by atoms with Crippen molar-refractivity contribution in [2.45, 2.75) is 64.6 Å². The van der Waals surface area contributed by atoms with Crippen molar-refractivity contribution in [1.29, 1.82) is 0 Å². The minimum Gasteiger partial charge on any atom is -0.466 e. The summed E-state index contributed by atoms with van der Waals surface area (Å²) < 4.78 is 17.2. The van der Waals surface area contributed by atoms with E-state index in [-0.39, 0.29) is 11.8 Å². The fourth-order valence-corrected chi connectivity index (χ4v) is 3.87. The summed E-state index contributed by atoms with van der Waals surface area (Å²) in [6, 6.07) is 5.91. The maximum Gasteiger partial charge on any atom is 0.495 e. The van der Waals surface area contributed by atoms with Crippen LogP contribution in [-0.2, 0) is 28.4 Å². The first-order valence-corrected chi connectivity index (χ1v) is 12.1. The molecular weight excluding hydrogens is 447 g/mol. The van der Waals surface area contributed by atoms with E-state index in [4.69, 9.17) is 14.0 Å². The third-order valence-electron chi connectivity index (χ3n) is 6.73. The third kappa shape index (κ3) is 6.61. The first-order valence-electron chi connectivity index (χ1n) is 12.1. The molecule has 188 valence electrons. The summed E-state index contributed by atoms with van der Waals surface area (Å²) in [4.78, 5) is 36.1. The van der Waals surface area contributed by atoms with E-state index in [0.29, 0.717) is 6.54 Å². The van der Waals surface area contributed by atoms with Gasteiger partial charge in [-0.25, -0.2) is 4.79 Å². The Hall–Kier alpha value is -2.91. The summed E-state index contributed by atoms with van der Waals surface area (Å²) in [5.74, 6) is -0.883. The molecule has 1 aromatic carbocycles. The molecule has 0 aromatic heterocycles. The minimum atomic E-state index is -0.545. The number of hydrogen-bond donors (Lipinski definition) is 1. The number of anilines is 1. The lowest BCUT2D eigenvalue weighted by molar-refractivity contribution is -0.137. The third-order valence-corrected chi connectivity index (χ3v) is 6.73. The van der Waals surface area contributed by atoms with Gasteiger partial charge in [0.2, 0.25) is 0 Å². The Kier molecular flexibility index (Phi) is 8.56. The van der Waals surface area contributed by atoms with Crippen molar-refractivity contribution < 1.29 is 28.4 Å². The molecule has 2 aliphatic rings. The largest absolute Gasteiger partial charge is 0.495 e. The van der Waals surface area contributed by atoms with Crippen LogP contribution in [0.25, 0.3) is 6.08 Å². The molecule has 0 spiro atoms. The monoisotopic (exact) mass is 482 g/mol. The number of benzene rings is 1. The second-order valence-electron chi connectivity index (χ2n) is 9.79. The van der Waals surface area contributed by atoms with Crippen LogP contribution in [0.2, 0.25) is 0 Å². The molecule has 3 rings (SSSR count). The maximum atomic E-state index is 11.7. The minimum absolute atomic E-state index is 0.224. The van der Waals surface area contributed by atoms with Crippen molar-refractivity contribution in [2.24, 2.45) is 0 Å². The normalized spacial score (nSPS) is 18.7. The molecule has 0 radical (unpaired) electrons. The van der Waals surface area contributed by atoms with Crippen LogP contribution in [0, 0.1) is 0 Å². The van der Waals surface area contributed by atoms with Gasteiger partial charge in [-0.2, -0.15) is 0 Å². The Labute approximate surface area is 207 Å². The number of carbonyl (C=O) groups is 3. The molecule has 35 heavy (non-hydrogen) atoms. The molecular formula is C26H35BN2O6. The van der Waals surface area contributed by atoms with Gasteiger partial charge in [0.25, 0.3) is 11.8 Å². The number of unbranched alkanes of at least 4 members (excludes halogenated alkanes) is 3. The van der Waals surface area contributed by atoms with Crippen LogP contribution in [0.15, 0.2) is 36.4 Å². The van der Waals surface area contributed by atoms with Gasteiger partial charge < -0.3 is 19.4 Å². The van der Waals surface area contributed by atoms with Crippen LogP contribution in [0.4, 0.5) is 5.69 Å². The van der Waals surface area contributed by atoms with Crippen LogP contribution in [0.5, 0.6) is 0 Å². The predicted molar refractivity (Wildman–Crippen MR) is 136 cm³/mol. The zero-order valence-electron chi connectivity index (χ0n) is 21.3. The Morgan fingerprint density at radius 1 is 1.03 bits per heavy atom. The average Bonchev–Trinajstić information content (AvgIpc) is 3.24. The maximum absolute atomic E-state index is 11.7. The highest BCUT2D eigenvalue weighted by Gasteiger charge is 2.52. The lowest BCUT2D eigenvalue weighted by atomic mass is 9.75. The van der Waals surface area contributed by atoms with Gasteiger partial charge in [-0.15, -0.1) is 0 Å². The van der Waals surface area contributed by atoms with E-state index in [9.17, 15) is 14.4 Å². The number of methoxy groups -OCH3 is 1. The number of carbonyl (C=O) groups excluding carboxylic acids is 3. The van der Waals surface area contributed by atoms with E-state index >= 15 is 0 Å². The van der Waals surface area contributed by atoms with Crippen LogP contribution in [0.3, 0.4) is 0 Å². The summed E-state index contributed by atoms with van der Waals surface area (Å²) >= 11 is 0. The molecule has 1 aromatic rings. The van der Waals surface area contributed by atoms with Crippen molar-refractivity contribution in [3.63, 3.8) is 0 Å².